The summed E-state index contributed by atoms with van der Waals surface area (Å²) in [6.45, 7) is 2.42. The van der Waals surface area contributed by atoms with E-state index in [9.17, 15) is 13.2 Å². The molecule has 0 unspecified atom stereocenters. The zero-order valence-electron chi connectivity index (χ0n) is 12.1. The van der Waals surface area contributed by atoms with Crippen LogP contribution >= 0.6 is 0 Å². The van der Waals surface area contributed by atoms with Gasteiger partial charge in [0.1, 0.15) is 5.75 Å². The molecule has 0 spiro atoms. The van der Waals surface area contributed by atoms with E-state index >= 15 is 0 Å². The van der Waals surface area contributed by atoms with Crippen LogP contribution in [0.2, 0.25) is 0 Å². The van der Waals surface area contributed by atoms with Gasteiger partial charge in [0.05, 0.1) is 17.9 Å². The van der Waals surface area contributed by atoms with E-state index in [1.807, 2.05) is 0 Å². The first-order chi connectivity index (χ1) is 10.4. The number of alkyl halides is 3. The number of rotatable bonds is 5. The van der Waals surface area contributed by atoms with E-state index in [1.165, 1.54) is 12.1 Å². The minimum atomic E-state index is -4.47. The van der Waals surface area contributed by atoms with Crippen molar-refractivity contribution in [3.05, 3.63) is 53.6 Å². The Morgan fingerprint density at radius 3 is 2.32 bits per heavy atom. The average Bonchev–Trinajstić information content (AvgIpc) is 2.49. The monoisotopic (exact) mass is 310 g/mol. The Kier molecular flexibility index (Phi) is 4.92. The summed E-state index contributed by atoms with van der Waals surface area (Å²) < 4.78 is 44.7. The van der Waals surface area contributed by atoms with Crippen LogP contribution in [0.1, 0.15) is 18.1 Å². The smallest absolute Gasteiger partial charge is 0.418 e. The lowest BCUT2D eigenvalue weighted by Gasteiger charge is -2.16. The average molecular weight is 310 g/mol. The van der Waals surface area contributed by atoms with Gasteiger partial charge in [-0.2, -0.15) is 13.2 Å². The maximum Gasteiger partial charge on any atom is 0.418 e. The second kappa shape index (κ2) is 6.70. The molecule has 2 aromatic carbocycles. The molecule has 3 nitrogen and oxygen atoms in total. The highest BCUT2D eigenvalue weighted by Crippen LogP contribution is 2.38. The van der Waals surface area contributed by atoms with Crippen LogP contribution in [0.15, 0.2) is 42.5 Å². The van der Waals surface area contributed by atoms with Crippen LogP contribution in [0.4, 0.5) is 24.5 Å². The molecule has 118 valence electrons. The van der Waals surface area contributed by atoms with Gasteiger partial charge in [-0.3, -0.25) is 0 Å². The summed E-state index contributed by atoms with van der Waals surface area (Å²) in [6, 6.07) is 10.8. The molecule has 2 rings (SSSR count). The minimum absolute atomic E-state index is 0.0172. The van der Waals surface area contributed by atoms with Crippen LogP contribution < -0.4 is 15.8 Å². The molecule has 6 heteroatoms. The number of hydrogen-bond acceptors (Lipinski definition) is 3. The molecule has 0 saturated carbocycles. The summed E-state index contributed by atoms with van der Waals surface area (Å²) in [5.41, 5.74) is 6.19. The fourth-order valence-corrected chi connectivity index (χ4v) is 2.00. The third-order valence-electron chi connectivity index (χ3n) is 3.08. The summed E-state index contributed by atoms with van der Waals surface area (Å²) in [6.07, 6.45) is -4.47. The fourth-order valence-electron chi connectivity index (χ4n) is 2.00. The molecule has 0 atom stereocenters. The van der Waals surface area contributed by atoms with E-state index in [-0.39, 0.29) is 11.4 Å². The molecule has 0 aliphatic heterocycles. The van der Waals surface area contributed by atoms with Gasteiger partial charge in [0.2, 0.25) is 0 Å². The SMILES string of the molecule is CCOc1ccc(Nc2ccc(CN)cc2)c(C(F)(F)F)c1. The van der Waals surface area contributed by atoms with Crippen LogP contribution in [-0.4, -0.2) is 6.61 Å². The van der Waals surface area contributed by atoms with E-state index in [0.29, 0.717) is 18.8 Å². The summed E-state index contributed by atoms with van der Waals surface area (Å²) in [4.78, 5) is 0. The Morgan fingerprint density at radius 1 is 1.09 bits per heavy atom. The molecule has 0 aliphatic carbocycles. The number of hydrogen-bond donors (Lipinski definition) is 2. The summed E-state index contributed by atoms with van der Waals surface area (Å²) >= 11 is 0. The van der Waals surface area contributed by atoms with E-state index < -0.39 is 11.7 Å². The number of anilines is 2. The van der Waals surface area contributed by atoms with Crippen LogP contribution in [0, 0.1) is 0 Å². The van der Waals surface area contributed by atoms with Crippen molar-refractivity contribution in [2.45, 2.75) is 19.6 Å². The lowest BCUT2D eigenvalue weighted by Crippen LogP contribution is -2.09. The van der Waals surface area contributed by atoms with Crippen LogP contribution in [0.25, 0.3) is 0 Å². The van der Waals surface area contributed by atoms with Gasteiger partial charge in [-0.15, -0.1) is 0 Å². The van der Waals surface area contributed by atoms with Crippen LogP contribution in [0.3, 0.4) is 0 Å². The lowest BCUT2D eigenvalue weighted by atomic mass is 10.1. The van der Waals surface area contributed by atoms with E-state index in [4.69, 9.17) is 10.5 Å². The summed E-state index contributed by atoms with van der Waals surface area (Å²) in [5, 5.41) is 2.78. The topological polar surface area (TPSA) is 47.3 Å². The Labute approximate surface area is 126 Å². The van der Waals surface area contributed by atoms with Gasteiger partial charge in [-0.05, 0) is 42.8 Å². The zero-order chi connectivity index (χ0) is 16.2. The normalized spacial score (nSPS) is 11.3. The predicted octanol–water partition coefficient (Wildman–Crippen LogP) is 4.31. The summed E-state index contributed by atoms with van der Waals surface area (Å²) in [5.74, 6) is 0.193. The molecule has 0 aromatic heterocycles. The number of halogens is 3. The highest BCUT2D eigenvalue weighted by atomic mass is 19.4. The maximum atomic E-state index is 13.2. The molecule has 0 aliphatic rings. The predicted molar refractivity (Wildman–Crippen MR) is 80.2 cm³/mol. The van der Waals surface area contributed by atoms with E-state index in [2.05, 4.69) is 5.32 Å². The second-order valence-corrected chi connectivity index (χ2v) is 4.66. The lowest BCUT2D eigenvalue weighted by molar-refractivity contribution is -0.137. The van der Waals surface area contributed by atoms with Gasteiger partial charge in [-0.25, -0.2) is 0 Å². The molecule has 0 saturated heterocycles. The third kappa shape index (κ3) is 3.92. The van der Waals surface area contributed by atoms with E-state index in [1.54, 1.807) is 31.2 Å². The molecule has 3 N–H and O–H groups in total. The zero-order valence-corrected chi connectivity index (χ0v) is 12.1. The Bertz CT molecular complexity index is 624. The Morgan fingerprint density at radius 2 is 1.77 bits per heavy atom. The van der Waals surface area contributed by atoms with Gasteiger partial charge in [0.15, 0.2) is 0 Å². The van der Waals surface area contributed by atoms with Gasteiger partial charge in [0.25, 0.3) is 0 Å². The van der Waals surface area contributed by atoms with Gasteiger partial charge in [0, 0.05) is 12.2 Å². The van der Waals surface area contributed by atoms with Crippen LogP contribution in [0.5, 0.6) is 5.75 Å². The molecule has 0 radical (unpaired) electrons. The molecule has 0 amide bonds. The molecule has 0 heterocycles. The number of nitrogens with two attached hydrogens (primary N) is 1. The molecular weight excluding hydrogens is 293 g/mol. The first-order valence-corrected chi connectivity index (χ1v) is 6.84. The first kappa shape index (κ1) is 16.2. The Balaban J connectivity index is 2.32. The van der Waals surface area contributed by atoms with Crippen molar-refractivity contribution >= 4 is 11.4 Å². The number of nitrogens with one attached hydrogen (secondary N) is 1. The molecule has 0 bridgehead atoms. The highest BCUT2D eigenvalue weighted by Gasteiger charge is 2.34. The third-order valence-corrected chi connectivity index (χ3v) is 3.08. The van der Waals surface area contributed by atoms with E-state index in [0.717, 1.165) is 11.6 Å². The fraction of sp³-hybridized carbons (Fsp3) is 0.250. The van der Waals surface area contributed by atoms with Crippen LogP contribution in [-0.2, 0) is 12.7 Å². The van der Waals surface area contributed by atoms with Crippen molar-refractivity contribution in [3.63, 3.8) is 0 Å². The standard InChI is InChI=1S/C16H17F3N2O/c1-2-22-13-7-8-15(14(9-13)16(17,18)19)21-12-5-3-11(10-20)4-6-12/h3-9,21H,2,10,20H2,1H3. The Hall–Kier alpha value is -2.21. The summed E-state index contributed by atoms with van der Waals surface area (Å²) in [7, 11) is 0. The largest absolute Gasteiger partial charge is 0.494 e. The van der Waals surface area contributed by atoms with Gasteiger partial charge >= 0.3 is 6.18 Å². The molecular formula is C16H17F3N2O. The quantitative estimate of drug-likeness (QED) is 0.865. The van der Waals surface area contributed by atoms with Crippen molar-refractivity contribution in [1.82, 2.24) is 0 Å². The van der Waals surface area contributed by atoms with Gasteiger partial charge in [-0.1, -0.05) is 12.1 Å². The maximum absolute atomic E-state index is 13.2. The van der Waals surface area contributed by atoms with Crippen molar-refractivity contribution in [3.8, 4) is 5.75 Å². The molecule has 22 heavy (non-hydrogen) atoms. The van der Waals surface area contributed by atoms with Crippen molar-refractivity contribution in [2.75, 3.05) is 11.9 Å². The first-order valence-electron chi connectivity index (χ1n) is 6.84. The number of benzene rings is 2. The molecule has 2 aromatic rings. The van der Waals surface area contributed by atoms with Crippen molar-refractivity contribution in [1.29, 1.82) is 0 Å². The molecule has 0 fully saturated rings. The van der Waals surface area contributed by atoms with Crippen molar-refractivity contribution in [2.24, 2.45) is 5.73 Å². The number of ether oxygens (including phenoxy) is 1. The highest BCUT2D eigenvalue weighted by molar-refractivity contribution is 5.65. The van der Waals surface area contributed by atoms with Crippen molar-refractivity contribution < 1.29 is 17.9 Å². The second-order valence-electron chi connectivity index (χ2n) is 4.66. The van der Waals surface area contributed by atoms with Gasteiger partial charge < -0.3 is 15.8 Å². The minimum Gasteiger partial charge on any atom is -0.494 e.